The van der Waals surface area contributed by atoms with Gasteiger partial charge in [0.25, 0.3) is 0 Å². The zero-order valence-corrected chi connectivity index (χ0v) is 14.9. The molecule has 1 aliphatic heterocycles. The van der Waals surface area contributed by atoms with Crippen LogP contribution < -0.4 is 16.0 Å². The molecule has 0 spiro atoms. The predicted molar refractivity (Wildman–Crippen MR) is 102 cm³/mol. The number of urea groups is 1. The van der Waals surface area contributed by atoms with Gasteiger partial charge >= 0.3 is 6.03 Å². The summed E-state index contributed by atoms with van der Waals surface area (Å²) in [5, 5.41) is 2.23. The van der Waals surface area contributed by atoms with Crippen molar-refractivity contribution in [2.75, 3.05) is 31.1 Å². The number of nitrogens with zero attached hydrogens (tertiary/aromatic N) is 2. The summed E-state index contributed by atoms with van der Waals surface area (Å²) in [4.78, 5) is 28.2. The number of aryl methyl sites for hydroxylation is 1. The van der Waals surface area contributed by atoms with Gasteiger partial charge in [-0.1, -0.05) is 42.5 Å². The molecule has 6 nitrogen and oxygen atoms in total. The average molecular weight is 352 g/mol. The van der Waals surface area contributed by atoms with E-state index in [1.165, 1.54) is 11.3 Å². The van der Waals surface area contributed by atoms with Crippen molar-refractivity contribution in [3.8, 4) is 0 Å². The van der Waals surface area contributed by atoms with Crippen LogP contribution in [0, 0.1) is 6.92 Å². The highest BCUT2D eigenvalue weighted by Crippen LogP contribution is 2.25. The molecule has 1 fully saturated rings. The number of benzene rings is 2. The van der Waals surface area contributed by atoms with Crippen LogP contribution in [0.1, 0.15) is 17.2 Å². The number of nitrogens with one attached hydrogen (secondary N) is 1. The number of anilines is 1. The fraction of sp³-hybridized carbons (Fsp3) is 0.300. The van der Waals surface area contributed by atoms with Gasteiger partial charge in [0.1, 0.15) is 6.04 Å². The van der Waals surface area contributed by atoms with Crippen molar-refractivity contribution in [1.82, 2.24) is 10.2 Å². The van der Waals surface area contributed by atoms with E-state index in [-0.39, 0.29) is 5.91 Å². The molecular formula is C20H24N4O2. The molecule has 1 aliphatic rings. The van der Waals surface area contributed by atoms with Crippen LogP contribution in [0.4, 0.5) is 10.5 Å². The van der Waals surface area contributed by atoms with Crippen LogP contribution in [0.15, 0.2) is 54.6 Å². The minimum Gasteiger partial charge on any atom is -0.369 e. The number of nitrogens with two attached hydrogens (primary N) is 1. The molecule has 1 saturated heterocycles. The zero-order valence-electron chi connectivity index (χ0n) is 14.9. The molecule has 2 aromatic carbocycles. The van der Waals surface area contributed by atoms with Crippen molar-refractivity contribution in [2.24, 2.45) is 5.73 Å². The van der Waals surface area contributed by atoms with Gasteiger partial charge in [0.15, 0.2) is 0 Å². The first-order chi connectivity index (χ1) is 12.5. The van der Waals surface area contributed by atoms with Crippen molar-refractivity contribution in [3.63, 3.8) is 0 Å². The predicted octanol–water partition coefficient (Wildman–Crippen LogP) is 2.05. The molecule has 3 N–H and O–H groups in total. The third-order valence-corrected chi connectivity index (χ3v) is 4.66. The first-order valence-electron chi connectivity index (χ1n) is 8.75. The van der Waals surface area contributed by atoms with Gasteiger partial charge in [-0.05, 0) is 30.2 Å². The van der Waals surface area contributed by atoms with E-state index in [0.29, 0.717) is 0 Å². The van der Waals surface area contributed by atoms with E-state index in [4.69, 9.17) is 5.73 Å². The third-order valence-electron chi connectivity index (χ3n) is 4.66. The molecule has 0 saturated carbocycles. The fourth-order valence-electron chi connectivity index (χ4n) is 3.42. The summed E-state index contributed by atoms with van der Waals surface area (Å²) in [5.74, 6) is -0.382. The standard InChI is InChI=1S/C20H24N4O2/c1-15-6-5-9-17(14-15)23-10-12-24(13-11-23)18(19(25)22-20(21)26)16-7-3-2-4-8-16/h2-9,14,18H,10-13H2,1H3,(H3,21,22,25,26). The summed E-state index contributed by atoms with van der Waals surface area (Å²) in [6.07, 6.45) is 0. The van der Waals surface area contributed by atoms with Crippen molar-refractivity contribution in [3.05, 3.63) is 65.7 Å². The van der Waals surface area contributed by atoms with Crippen LogP contribution in [0.2, 0.25) is 0 Å². The van der Waals surface area contributed by atoms with Crippen molar-refractivity contribution >= 4 is 17.6 Å². The van der Waals surface area contributed by atoms with E-state index < -0.39 is 12.1 Å². The highest BCUT2D eigenvalue weighted by Gasteiger charge is 2.31. The number of amides is 3. The molecule has 3 amide bonds. The lowest BCUT2D eigenvalue weighted by Gasteiger charge is -2.39. The Bertz CT molecular complexity index is 770. The monoisotopic (exact) mass is 352 g/mol. The van der Waals surface area contributed by atoms with Crippen LogP contribution in [0.5, 0.6) is 0 Å². The second kappa shape index (κ2) is 8.01. The SMILES string of the molecule is Cc1cccc(N2CCN(C(C(=O)NC(N)=O)c3ccccc3)CC2)c1. The Balaban J connectivity index is 1.74. The largest absolute Gasteiger partial charge is 0.369 e. The number of rotatable bonds is 4. The van der Waals surface area contributed by atoms with Crippen LogP contribution in [0.3, 0.4) is 0 Å². The number of primary amides is 1. The second-order valence-corrected chi connectivity index (χ2v) is 6.53. The van der Waals surface area contributed by atoms with E-state index >= 15 is 0 Å². The Hall–Kier alpha value is -2.86. The van der Waals surface area contributed by atoms with Gasteiger partial charge in [-0.15, -0.1) is 0 Å². The van der Waals surface area contributed by atoms with Crippen LogP contribution >= 0.6 is 0 Å². The average Bonchev–Trinajstić information content (AvgIpc) is 2.63. The van der Waals surface area contributed by atoms with E-state index in [9.17, 15) is 9.59 Å². The van der Waals surface area contributed by atoms with E-state index in [1.54, 1.807) is 0 Å². The van der Waals surface area contributed by atoms with Crippen LogP contribution in [0.25, 0.3) is 0 Å². The Morgan fingerprint density at radius 3 is 2.31 bits per heavy atom. The van der Waals surface area contributed by atoms with Gasteiger partial charge < -0.3 is 10.6 Å². The van der Waals surface area contributed by atoms with Gasteiger partial charge in [-0.3, -0.25) is 15.0 Å². The summed E-state index contributed by atoms with van der Waals surface area (Å²) >= 11 is 0. The topological polar surface area (TPSA) is 78.7 Å². The summed E-state index contributed by atoms with van der Waals surface area (Å²) in [6, 6.07) is 16.6. The van der Waals surface area contributed by atoms with Crippen LogP contribution in [-0.2, 0) is 4.79 Å². The Morgan fingerprint density at radius 2 is 1.69 bits per heavy atom. The molecule has 1 atom stereocenters. The normalized spacial score (nSPS) is 16.1. The third kappa shape index (κ3) is 4.21. The highest BCUT2D eigenvalue weighted by atomic mass is 16.2. The quantitative estimate of drug-likeness (QED) is 0.883. The molecule has 0 aliphatic carbocycles. The van der Waals surface area contributed by atoms with Crippen molar-refractivity contribution in [2.45, 2.75) is 13.0 Å². The molecule has 26 heavy (non-hydrogen) atoms. The maximum Gasteiger partial charge on any atom is 0.318 e. The van der Waals surface area contributed by atoms with Gasteiger partial charge in [-0.2, -0.15) is 0 Å². The molecule has 0 radical (unpaired) electrons. The number of hydrogen-bond acceptors (Lipinski definition) is 4. The number of imide groups is 1. The van der Waals surface area contributed by atoms with Gasteiger partial charge in [0.05, 0.1) is 0 Å². The first-order valence-corrected chi connectivity index (χ1v) is 8.75. The second-order valence-electron chi connectivity index (χ2n) is 6.53. The minimum absolute atomic E-state index is 0.382. The highest BCUT2D eigenvalue weighted by molar-refractivity contribution is 5.96. The summed E-state index contributed by atoms with van der Waals surface area (Å²) in [5.41, 5.74) is 8.44. The Morgan fingerprint density at radius 1 is 1.00 bits per heavy atom. The molecule has 0 bridgehead atoms. The Labute approximate surface area is 153 Å². The van der Waals surface area contributed by atoms with Gasteiger partial charge in [-0.25, -0.2) is 4.79 Å². The number of piperazine rings is 1. The van der Waals surface area contributed by atoms with Gasteiger partial charge in [0, 0.05) is 31.9 Å². The zero-order chi connectivity index (χ0) is 18.5. The summed E-state index contributed by atoms with van der Waals surface area (Å²) in [6.45, 7) is 5.16. The van der Waals surface area contributed by atoms with Crippen molar-refractivity contribution in [1.29, 1.82) is 0 Å². The molecule has 0 aromatic heterocycles. The maximum atomic E-state index is 12.6. The lowest BCUT2D eigenvalue weighted by atomic mass is 10.0. The maximum absolute atomic E-state index is 12.6. The number of carbonyl (C=O) groups is 2. The fourth-order valence-corrected chi connectivity index (χ4v) is 3.42. The Kier molecular flexibility index (Phi) is 5.53. The summed E-state index contributed by atoms with van der Waals surface area (Å²) < 4.78 is 0. The lowest BCUT2D eigenvalue weighted by molar-refractivity contribution is -0.125. The molecule has 3 rings (SSSR count). The van der Waals surface area contributed by atoms with E-state index in [1.807, 2.05) is 30.3 Å². The number of carbonyl (C=O) groups excluding carboxylic acids is 2. The molecular weight excluding hydrogens is 328 g/mol. The minimum atomic E-state index is -0.825. The van der Waals surface area contributed by atoms with Crippen molar-refractivity contribution < 1.29 is 9.59 Å². The smallest absolute Gasteiger partial charge is 0.318 e. The molecule has 2 aromatic rings. The molecule has 1 unspecified atom stereocenters. The van der Waals surface area contributed by atoms with Crippen LogP contribution in [-0.4, -0.2) is 43.0 Å². The molecule has 1 heterocycles. The lowest BCUT2D eigenvalue weighted by Crippen LogP contribution is -2.52. The first kappa shape index (κ1) is 17.9. The summed E-state index contributed by atoms with van der Waals surface area (Å²) in [7, 11) is 0. The van der Waals surface area contributed by atoms with E-state index in [2.05, 4.69) is 46.3 Å². The van der Waals surface area contributed by atoms with Gasteiger partial charge in [0.2, 0.25) is 5.91 Å². The molecule has 6 heteroatoms. The molecule has 136 valence electrons. The number of hydrogen-bond donors (Lipinski definition) is 2. The van der Waals surface area contributed by atoms with E-state index in [0.717, 1.165) is 31.7 Å².